The maximum absolute atomic E-state index is 11.5. The van der Waals surface area contributed by atoms with Crippen LogP contribution in [0.15, 0.2) is 0 Å². The molecule has 0 saturated heterocycles. The Kier molecular flexibility index (Phi) is 6.69. The monoisotopic (exact) mass is 336 g/mol. The quantitative estimate of drug-likeness (QED) is 0.665. The molecular formula is C12H24N4O3S2. The highest BCUT2D eigenvalue weighted by molar-refractivity contribution is 7.88. The van der Waals surface area contributed by atoms with E-state index in [1.807, 2.05) is 20.8 Å². The number of aromatic nitrogens is 1. The van der Waals surface area contributed by atoms with Crippen LogP contribution < -0.4 is 15.8 Å². The summed E-state index contributed by atoms with van der Waals surface area (Å²) in [5.41, 5.74) is 5.77. The molecule has 0 aromatic carbocycles. The van der Waals surface area contributed by atoms with Crippen molar-refractivity contribution in [3.05, 3.63) is 0 Å². The molecule has 122 valence electrons. The van der Waals surface area contributed by atoms with Crippen molar-refractivity contribution < 1.29 is 13.2 Å². The van der Waals surface area contributed by atoms with Gasteiger partial charge in [-0.1, -0.05) is 6.92 Å². The Labute approximate surface area is 130 Å². The van der Waals surface area contributed by atoms with Gasteiger partial charge >= 0.3 is 0 Å². The number of nitrogen functional groups attached to an aromatic ring is 1. The summed E-state index contributed by atoms with van der Waals surface area (Å²) in [6.45, 7) is 7.26. The molecule has 1 aromatic rings. The molecule has 0 spiro atoms. The third-order valence-electron chi connectivity index (χ3n) is 2.72. The predicted octanol–water partition coefficient (Wildman–Crippen LogP) is 1.60. The molecule has 0 unspecified atom stereocenters. The van der Waals surface area contributed by atoms with Crippen molar-refractivity contribution in [2.75, 3.05) is 36.9 Å². The average molecular weight is 336 g/mol. The molecule has 1 heterocycles. The van der Waals surface area contributed by atoms with Crippen LogP contribution in [-0.2, 0) is 10.0 Å². The molecule has 9 heteroatoms. The van der Waals surface area contributed by atoms with Gasteiger partial charge in [0.1, 0.15) is 0 Å². The summed E-state index contributed by atoms with van der Waals surface area (Å²) in [5.74, 6) is 0.952. The van der Waals surface area contributed by atoms with Crippen LogP contribution in [0.4, 0.5) is 10.8 Å². The van der Waals surface area contributed by atoms with Gasteiger partial charge in [-0.3, -0.25) is 0 Å². The highest BCUT2D eigenvalue weighted by Crippen LogP contribution is 2.35. The van der Waals surface area contributed by atoms with Crippen LogP contribution >= 0.6 is 11.5 Å². The van der Waals surface area contributed by atoms with Crippen molar-refractivity contribution in [1.29, 1.82) is 0 Å². The first-order valence-corrected chi connectivity index (χ1v) is 9.48. The van der Waals surface area contributed by atoms with Gasteiger partial charge in [-0.25, -0.2) is 12.7 Å². The Balaban J connectivity index is 2.50. The van der Waals surface area contributed by atoms with E-state index in [2.05, 4.69) is 9.69 Å². The molecule has 7 nitrogen and oxygen atoms in total. The summed E-state index contributed by atoms with van der Waals surface area (Å²) in [6.07, 6.45) is 1.94. The lowest BCUT2D eigenvalue weighted by molar-refractivity contribution is 0.245. The van der Waals surface area contributed by atoms with Gasteiger partial charge < -0.3 is 15.8 Å². The fourth-order valence-electron chi connectivity index (χ4n) is 1.77. The van der Waals surface area contributed by atoms with Crippen molar-refractivity contribution in [3.8, 4) is 5.75 Å². The van der Waals surface area contributed by atoms with Crippen LogP contribution in [0.2, 0.25) is 0 Å². The van der Waals surface area contributed by atoms with Crippen molar-refractivity contribution in [2.24, 2.45) is 0 Å². The molecule has 1 rings (SSSR count). The van der Waals surface area contributed by atoms with E-state index in [0.29, 0.717) is 37.6 Å². The fourth-order valence-corrected chi connectivity index (χ4v) is 3.38. The van der Waals surface area contributed by atoms with E-state index in [9.17, 15) is 8.42 Å². The number of hydrogen-bond acceptors (Lipinski definition) is 7. The lowest BCUT2D eigenvalue weighted by Gasteiger charge is -2.17. The Morgan fingerprint density at radius 3 is 2.67 bits per heavy atom. The van der Waals surface area contributed by atoms with Gasteiger partial charge in [0.15, 0.2) is 16.6 Å². The maximum atomic E-state index is 11.5. The topological polar surface area (TPSA) is 97.5 Å². The standard InChI is InChI=1S/C12H24N4O3S2/c1-5-16(21(4,17)18)8-6-7-14-12-10(19-9(2)3)11(13)15-20-12/h9,14H,5-8H2,1-4H3,(H2,13,15). The fraction of sp³-hybridized carbons (Fsp3) is 0.750. The first-order chi connectivity index (χ1) is 9.75. The van der Waals surface area contributed by atoms with Crippen molar-refractivity contribution in [1.82, 2.24) is 8.68 Å². The highest BCUT2D eigenvalue weighted by Gasteiger charge is 2.15. The molecule has 0 aliphatic heterocycles. The SMILES string of the molecule is CCN(CCCNc1snc(N)c1OC(C)C)S(C)(=O)=O. The Bertz CT molecular complexity index is 543. The largest absolute Gasteiger partial charge is 0.484 e. The third kappa shape index (κ3) is 5.68. The van der Waals surface area contributed by atoms with Gasteiger partial charge in [-0.15, -0.1) is 0 Å². The summed E-state index contributed by atoms with van der Waals surface area (Å²) in [4.78, 5) is 0. The summed E-state index contributed by atoms with van der Waals surface area (Å²) < 4.78 is 34.1. The number of rotatable bonds is 9. The number of nitrogens with zero attached hydrogens (tertiary/aromatic N) is 2. The molecule has 1 aromatic heterocycles. The van der Waals surface area contributed by atoms with E-state index in [4.69, 9.17) is 10.5 Å². The number of nitrogens with one attached hydrogen (secondary N) is 1. The van der Waals surface area contributed by atoms with Crippen LogP contribution in [0.5, 0.6) is 5.75 Å². The van der Waals surface area contributed by atoms with Gasteiger partial charge in [0.25, 0.3) is 0 Å². The van der Waals surface area contributed by atoms with Crippen LogP contribution in [0, 0.1) is 0 Å². The molecule has 0 aliphatic rings. The van der Waals surface area contributed by atoms with E-state index in [1.165, 1.54) is 22.1 Å². The predicted molar refractivity (Wildman–Crippen MR) is 87.5 cm³/mol. The van der Waals surface area contributed by atoms with Gasteiger partial charge in [0, 0.05) is 19.6 Å². The van der Waals surface area contributed by atoms with E-state index >= 15 is 0 Å². The highest BCUT2D eigenvalue weighted by atomic mass is 32.2. The zero-order valence-corrected chi connectivity index (χ0v) is 14.6. The Morgan fingerprint density at radius 1 is 1.48 bits per heavy atom. The van der Waals surface area contributed by atoms with E-state index in [0.717, 1.165) is 5.00 Å². The second kappa shape index (κ2) is 7.81. The minimum Gasteiger partial charge on any atom is -0.484 e. The molecule has 21 heavy (non-hydrogen) atoms. The number of anilines is 2. The van der Waals surface area contributed by atoms with Crippen LogP contribution in [0.3, 0.4) is 0 Å². The van der Waals surface area contributed by atoms with Gasteiger partial charge in [0.2, 0.25) is 10.0 Å². The second-order valence-electron chi connectivity index (χ2n) is 4.93. The molecule has 0 atom stereocenters. The number of hydrogen-bond donors (Lipinski definition) is 2. The number of nitrogens with two attached hydrogens (primary N) is 1. The normalized spacial score (nSPS) is 12.1. The van der Waals surface area contributed by atoms with E-state index in [-0.39, 0.29) is 6.10 Å². The van der Waals surface area contributed by atoms with E-state index in [1.54, 1.807) is 0 Å². The van der Waals surface area contributed by atoms with Crippen molar-refractivity contribution in [3.63, 3.8) is 0 Å². The minimum absolute atomic E-state index is 0.0186. The van der Waals surface area contributed by atoms with Gasteiger partial charge in [-0.05, 0) is 31.8 Å². The Hall–Kier alpha value is -1.06. The lowest BCUT2D eigenvalue weighted by Crippen LogP contribution is -2.31. The lowest BCUT2D eigenvalue weighted by atomic mass is 10.4. The van der Waals surface area contributed by atoms with Crippen LogP contribution in [-0.4, -0.2) is 49.1 Å². The Morgan fingerprint density at radius 2 is 2.14 bits per heavy atom. The zero-order valence-electron chi connectivity index (χ0n) is 12.9. The molecular weight excluding hydrogens is 312 g/mol. The van der Waals surface area contributed by atoms with Crippen molar-refractivity contribution >= 4 is 32.4 Å². The number of sulfonamides is 1. The summed E-state index contributed by atoms with van der Waals surface area (Å²) >= 11 is 1.25. The smallest absolute Gasteiger partial charge is 0.211 e. The third-order valence-corrected chi connectivity index (χ3v) is 4.90. The molecule has 3 N–H and O–H groups in total. The maximum Gasteiger partial charge on any atom is 0.211 e. The average Bonchev–Trinajstić information content (AvgIpc) is 2.69. The van der Waals surface area contributed by atoms with Crippen LogP contribution in [0.25, 0.3) is 0 Å². The molecule has 0 bridgehead atoms. The number of ether oxygens (including phenoxy) is 1. The van der Waals surface area contributed by atoms with E-state index < -0.39 is 10.0 Å². The molecule has 0 aliphatic carbocycles. The zero-order chi connectivity index (χ0) is 16.0. The summed E-state index contributed by atoms with van der Waals surface area (Å²) in [6, 6.07) is 0. The van der Waals surface area contributed by atoms with Gasteiger partial charge in [-0.2, -0.15) is 4.37 Å². The minimum atomic E-state index is -3.13. The molecule has 0 amide bonds. The van der Waals surface area contributed by atoms with Gasteiger partial charge in [0.05, 0.1) is 12.4 Å². The van der Waals surface area contributed by atoms with Crippen LogP contribution in [0.1, 0.15) is 27.2 Å². The second-order valence-corrected chi connectivity index (χ2v) is 7.68. The molecule has 0 radical (unpaired) electrons. The first-order valence-electron chi connectivity index (χ1n) is 6.86. The molecule has 0 saturated carbocycles. The molecule has 0 fully saturated rings. The van der Waals surface area contributed by atoms with Crippen molar-refractivity contribution in [2.45, 2.75) is 33.3 Å². The summed E-state index contributed by atoms with van der Waals surface area (Å²) in [7, 11) is -3.13. The summed E-state index contributed by atoms with van der Waals surface area (Å²) in [5, 5.41) is 3.98. The first kappa shape index (κ1) is 18.0.